The number of rotatable bonds is 5. The second kappa shape index (κ2) is 6.67. The lowest BCUT2D eigenvalue weighted by atomic mass is 9.97. The predicted octanol–water partition coefficient (Wildman–Crippen LogP) is 2.20. The highest BCUT2D eigenvalue weighted by molar-refractivity contribution is 5.48. The van der Waals surface area contributed by atoms with E-state index in [1.165, 1.54) is 17.5 Å². The SMILES string of the molecule is CCOc1cc2c(cc1OCC)CN([C@H]1CCNC1)CC2. The van der Waals surface area contributed by atoms with E-state index in [0.717, 1.165) is 44.1 Å². The molecule has 2 heterocycles. The molecule has 1 fully saturated rings. The fraction of sp³-hybridized carbons (Fsp3) is 0.647. The first-order valence-corrected chi connectivity index (χ1v) is 8.18. The quantitative estimate of drug-likeness (QED) is 0.901. The fourth-order valence-corrected chi connectivity index (χ4v) is 3.39. The third kappa shape index (κ3) is 3.16. The number of benzene rings is 1. The van der Waals surface area contributed by atoms with Gasteiger partial charge in [-0.05, 0) is 56.5 Å². The van der Waals surface area contributed by atoms with E-state index >= 15 is 0 Å². The molecule has 4 heteroatoms. The van der Waals surface area contributed by atoms with Crippen LogP contribution in [-0.4, -0.2) is 43.8 Å². The van der Waals surface area contributed by atoms with Gasteiger partial charge in [-0.2, -0.15) is 0 Å². The van der Waals surface area contributed by atoms with Crippen molar-refractivity contribution in [3.8, 4) is 11.5 Å². The van der Waals surface area contributed by atoms with Crippen molar-refractivity contribution in [2.75, 3.05) is 32.8 Å². The molecule has 1 aromatic rings. The first kappa shape index (κ1) is 14.7. The number of fused-ring (bicyclic) bond motifs is 1. The summed E-state index contributed by atoms with van der Waals surface area (Å²) < 4.78 is 11.5. The lowest BCUT2D eigenvalue weighted by Crippen LogP contribution is -2.40. The van der Waals surface area contributed by atoms with Gasteiger partial charge in [0.2, 0.25) is 0 Å². The number of ether oxygens (including phenoxy) is 2. The lowest BCUT2D eigenvalue weighted by Gasteiger charge is -2.33. The minimum absolute atomic E-state index is 0.676. The van der Waals surface area contributed by atoms with Crippen molar-refractivity contribution in [2.24, 2.45) is 0 Å². The van der Waals surface area contributed by atoms with E-state index in [1.807, 2.05) is 13.8 Å². The van der Waals surface area contributed by atoms with Crippen LogP contribution in [0.15, 0.2) is 12.1 Å². The summed E-state index contributed by atoms with van der Waals surface area (Å²) in [6, 6.07) is 5.08. The summed E-state index contributed by atoms with van der Waals surface area (Å²) in [5.41, 5.74) is 2.82. The number of hydrogen-bond acceptors (Lipinski definition) is 4. The molecule has 116 valence electrons. The van der Waals surface area contributed by atoms with Crippen LogP contribution in [0.3, 0.4) is 0 Å². The zero-order valence-corrected chi connectivity index (χ0v) is 13.2. The molecule has 0 unspecified atom stereocenters. The van der Waals surface area contributed by atoms with Gasteiger partial charge in [-0.15, -0.1) is 0 Å². The van der Waals surface area contributed by atoms with Crippen LogP contribution in [-0.2, 0) is 13.0 Å². The van der Waals surface area contributed by atoms with Crippen LogP contribution < -0.4 is 14.8 Å². The Labute approximate surface area is 127 Å². The van der Waals surface area contributed by atoms with Gasteiger partial charge in [-0.3, -0.25) is 4.90 Å². The second-order valence-corrected chi connectivity index (χ2v) is 5.80. The van der Waals surface area contributed by atoms with Crippen molar-refractivity contribution in [3.05, 3.63) is 23.3 Å². The van der Waals surface area contributed by atoms with E-state index in [0.29, 0.717) is 19.3 Å². The van der Waals surface area contributed by atoms with Gasteiger partial charge < -0.3 is 14.8 Å². The van der Waals surface area contributed by atoms with Gasteiger partial charge in [0.25, 0.3) is 0 Å². The molecule has 0 radical (unpaired) electrons. The molecule has 21 heavy (non-hydrogen) atoms. The largest absolute Gasteiger partial charge is 0.490 e. The predicted molar refractivity (Wildman–Crippen MR) is 84.2 cm³/mol. The molecule has 2 aliphatic heterocycles. The van der Waals surface area contributed by atoms with Crippen molar-refractivity contribution >= 4 is 0 Å². The molecular weight excluding hydrogens is 264 g/mol. The Morgan fingerprint density at radius 3 is 2.48 bits per heavy atom. The Morgan fingerprint density at radius 2 is 1.86 bits per heavy atom. The molecule has 0 spiro atoms. The van der Waals surface area contributed by atoms with Crippen LogP contribution in [0, 0.1) is 0 Å². The molecule has 1 atom stereocenters. The molecule has 1 N–H and O–H groups in total. The zero-order chi connectivity index (χ0) is 14.7. The maximum atomic E-state index is 5.76. The van der Waals surface area contributed by atoms with Gasteiger partial charge in [0.1, 0.15) is 0 Å². The topological polar surface area (TPSA) is 33.7 Å². The summed E-state index contributed by atoms with van der Waals surface area (Å²) in [6.07, 6.45) is 2.38. The molecule has 0 saturated carbocycles. The standard InChI is InChI=1S/C17H26N2O2/c1-3-20-16-9-13-6-8-19(15-5-7-18-11-15)12-14(13)10-17(16)21-4-2/h9-10,15,18H,3-8,11-12H2,1-2H3/t15-/m0/s1. The van der Waals surface area contributed by atoms with E-state index in [1.54, 1.807) is 0 Å². The van der Waals surface area contributed by atoms with Gasteiger partial charge in [0.15, 0.2) is 11.5 Å². The summed E-state index contributed by atoms with van der Waals surface area (Å²) in [5.74, 6) is 1.79. The molecule has 4 nitrogen and oxygen atoms in total. The lowest BCUT2D eigenvalue weighted by molar-refractivity contribution is 0.189. The highest BCUT2D eigenvalue weighted by atomic mass is 16.5. The Kier molecular flexibility index (Phi) is 4.66. The minimum atomic E-state index is 0.676. The van der Waals surface area contributed by atoms with E-state index in [4.69, 9.17) is 9.47 Å². The number of nitrogens with one attached hydrogen (secondary N) is 1. The van der Waals surface area contributed by atoms with Crippen LogP contribution in [0.5, 0.6) is 11.5 Å². The van der Waals surface area contributed by atoms with Crippen LogP contribution in [0.2, 0.25) is 0 Å². The van der Waals surface area contributed by atoms with Crippen molar-refractivity contribution in [2.45, 2.75) is 39.3 Å². The average Bonchev–Trinajstić information content (AvgIpc) is 3.02. The zero-order valence-electron chi connectivity index (χ0n) is 13.2. The maximum Gasteiger partial charge on any atom is 0.161 e. The van der Waals surface area contributed by atoms with Crippen molar-refractivity contribution in [1.29, 1.82) is 0 Å². The smallest absolute Gasteiger partial charge is 0.161 e. The summed E-state index contributed by atoms with van der Waals surface area (Å²) >= 11 is 0. The molecular formula is C17H26N2O2. The monoisotopic (exact) mass is 290 g/mol. The van der Waals surface area contributed by atoms with E-state index < -0.39 is 0 Å². The van der Waals surface area contributed by atoms with E-state index in [9.17, 15) is 0 Å². The normalized spacial score (nSPS) is 22.1. The maximum absolute atomic E-state index is 5.76. The number of nitrogens with zero attached hydrogens (tertiary/aromatic N) is 1. The Hall–Kier alpha value is -1.26. The first-order valence-electron chi connectivity index (χ1n) is 8.18. The number of hydrogen-bond donors (Lipinski definition) is 1. The highest BCUT2D eigenvalue weighted by Gasteiger charge is 2.26. The van der Waals surface area contributed by atoms with Gasteiger partial charge in [-0.25, -0.2) is 0 Å². The molecule has 2 aliphatic rings. The van der Waals surface area contributed by atoms with Crippen LogP contribution in [0.1, 0.15) is 31.4 Å². The van der Waals surface area contributed by atoms with Gasteiger partial charge in [0.05, 0.1) is 13.2 Å². The Bertz CT molecular complexity index is 484. The summed E-state index contributed by atoms with van der Waals surface area (Å²) in [7, 11) is 0. The summed E-state index contributed by atoms with van der Waals surface area (Å²) in [6.45, 7) is 9.86. The Balaban J connectivity index is 1.81. The minimum Gasteiger partial charge on any atom is -0.490 e. The van der Waals surface area contributed by atoms with Crippen molar-refractivity contribution in [1.82, 2.24) is 10.2 Å². The molecule has 0 bridgehead atoms. The fourth-order valence-electron chi connectivity index (χ4n) is 3.39. The molecule has 1 aromatic carbocycles. The van der Waals surface area contributed by atoms with Gasteiger partial charge >= 0.3 is 0 Å². The van der Waals surface area contributed by atoms with E-state index in [-0.39, 0.29) is 0 Å². The molecule has 0 aromatic heterocycles. The van der Waals surface area contributed by atoms with Crippen LogP contribution >= 0.6 is 0 Å². The molecule has 0 amide bonds. The second-order valence-electron chi connectivity index (χ2n) is 5.80. The van der Waals surface area contributed by atoms with Gasteiger partial charge in [0, 0.05) is 25.7 Å². The van der Waals surface area contributed by atoms with Crippen molar-refractivity contribution < 1.29 is 9.47 Å². The molecule has 1 saturated heterocycles. The summed E-state index contributed by atoms with van der Waals surface area (Å²) in [4.78, 5) is 2.61. The van der Waals surface area contributed by atoms with Crippen LogP contribution in [0.25, 0.3) is 0 Å². The van der Waals surface area contributed by atoms with Crippen molar-refractivity contribution in [3.63, 3.8) is 0 Å². The molecule has 3 rings (SSSR count). The molecule has 0 aliphatic carbocycles. The third-order valence-electron chi connectivity index (χ3n) is 4.46. The highest BCUT2D eigenvalue weighted by Crippen LogP contribution is 2.34. The first-order chi connectivity index (χ1) is 10.3. The average molecular weight is 290 g/mol. The van der Waals surface area contributed by atoms with Crippen LogP contribution in [0.4, 0.5) is 0 Å². The van der Waals surface area contributed by atoms with Gasteiger partial charge in [-0.1, -0.05) is 0 Å². The Morgan fingerprint density at radius 1 is 1.14 bits per heavy atom. The third-order valence-corrected chi connectivity index (χ3v) is 4.46. The van der Waals surface area contributed by atoms with E-state index in [2.05, 4.69) is 22.3 Å². The summed E-state index contributed by atoms with van der Waals surface area (Å²) in [5, 5.41) is 3.46.